The number of hydrogen-bond donors (Lipinski definition) is 3. The van der Waals surface area contributed by atoms with Crippen molar-refractivity contribution in [3.63, 3.8) is 0 Å². The van der Waals surface area contributed by atoms with Gasteiger partial charge in [-0.1, -0.05) is 18.2 Å². The van der Waals surface area contributed by atoms with Gasteiger partial charge in [0.25, 0.3) is 5.91 Å². The molecule has 31 heavy (non-hydrogen) atoms. The Morgan fingerprint density at radius 2 is 1.97 bits per heavy atom. The minimum atomic E-state index is -1.03. The zero-order valence-electron chi connectivity index (χ0n) is 17.4. The number of hydrogen-bond acceptors (Lipinski definition) is 4. The van der Waals surface area contributed by atoms with Crippen molar-refractivity contribution in [1.29, 1.82) is 0 Å². The predicted molar refractivity (Wildman–Crippen MR) is 114 cm³/mol. The van der Waals surface area contributed by atoms with Crippen LogP contribution < -0.4 is 5.32 Å². The molecule has 8 heteroatoms. The molecular formula is C23H24N4O4. The monoisotopic (exact) mass is 420 g/mol. The van der Waals surface area contributed by atoms with Crippen molar-refractivity contribution in [3.8, 4) is 0 Å². The average molecular weight is 420 g/mol. The Kier molecular flexibility index (Phi) is 5.22. The van der Waals surface area contributed by atoms with Crippen LogP contribution >= 0.6 is 0 Å². The summed E-state index contributed by atoms with van der Waals surface area (Å²) in [6.45, 7) is 2.25. The van der Waals surface area contributed by atoms with E-state index in [-0.39, 0.29) is 24.8 Å². The molecule has 1 aliphatic rings. The van der Waals surface area contributed by atoms with E-state index in [2.05, 4.69) is 15.3 Å². The number of aliphatic carboxylic acids is 1. The van der Waals surface area contributed by atoms with Gasteiger partial charge in [0.15, 0.2) is 0 Å². The quantitative estimate of drug-likeness (QED) is 0.587. The van der Waals surface area contributed by atoms with Crippen LogP contribution in [0, 0.1) is 5.41 Å². The number of carbonyl (C=O) groups is 3. The van der Waals surface area contributed by atoms with Crippen molar-refractivity contribution >= 4 is 28.8 Å². The Hall–Kier alpha value is -3.68. The third kappa shape index (κ3) is 4.14. The van der Waals surface area contributed by atoms with Gasteiger partial charge in [0.2, 0.25) is 5.91 Å². The van der Waals surface area contributed by atoms with Gasteiger partial charge in [0.1, 0.15) is 5.82 Å². The number of benzene rings is 2. The largest absolute Gasteiger partial charge is 0.481 e. The van der Waals surface area contributed by atoms with Crippen LogP contribution in [0.2, 0.25) is 0 Å². The highest BCUT2D eigenvalue weighted by molar-refractivity contribution is 5.94. The molecule has 1 aliphatic heterocycles. The molecule has 1 aromatic heterocycles. The van der Waals surface area contributed by atoms with Crippen LogP contribution in [-0.2, 0) is 29.1 Å². The lowest BCUT2D eigenvalue weighted by Gasteiger charge is -2.24. The van der Waals surface area contributed by atoms with E-state index >= 15 is 0 Å². The van der Waals surface area contributed by atoms with Gasteiger partial charge in [0.05, 0.1) is 29.4 Å². The third-order valence-corrected chi connectivity index (χ3v) is 5.73. The van der Waals surface area contributed by atoms with Gasteiger partial charge in [-0.15, -0.1) is 0 Å². The van der Waals surface area contributed by atoms with E-state index < -0.39 is 11.4 Å². The fourth-order valence-electron chi connectivity index (χ4n) is 4.06. The Balaban J connectivity index is 1.53. The lowest BCUT2D eigenvalue weighted by molar-refractivity contribution is -0.144. The highest BCUT2D eigenvalue weighted by atomic mass is 16.4. The van der Waals surface area contributed by atoms with Gasteiger partial charge in [-0.2, -0.15) is 0 Å². The molecular weight excluding hydrogens is 396 g/mol. The maximum Gasteiger partial charge on any atom is 0.304 e. The minimum absolute atomic E-state index is 0.160. The lowest BCUT2D eigenvalue weighted by atomic mass is 9.79. The number of carboxylic acid groups (broad SMARTS) is 1. The number of H-pyrrole nitrogens is 1. The van der Waals surface area contributed by atoms with Crippen molar-refractivity contribution in [2.45, 2.75) is 32.9 Å². The molecule has 4 rings (SSSR count). The number of carboxylic acids is 1. The first-order chi connectivity index (χ1) is 14.7. The number of carbonyl (C=O) groups excluding carboxylic acids is 2. The van der Waals surface area contributed by atoms with Crippen LogP contribution in [-0.4, -0.2) is 44.8 Å². The van der Waals surface area contributed by atoms with Crippen LogP contribution in [0.5, 0.6) is 0 Å². The molecule has 1 unspecified atom stereocenters. The van der Waals surface area contributed by atoms with Crippen LogP contribution in [0.3, 0.4) is 0 Å². The first-order valence-corrected chi connectivity index (χ1v) is 10.1. The molecule has 0 saturated heterocycles. The number of nitrogens with one attached hydrogen (secondary N) is 2. The normalized spacial score (nSPS) is 18.2. The van der Waals surface area contributed by atoms with Gasteiger partial charge in [-0.05, 0) is 48.7 Å². The van der Waals surface area contributed by atoms with E-state index in [9.17, 15) is 19.5 Å². The van der Waals surface area contributed by atoms with Crippen molar-refractivity contribution in [2.75, 3.05) is 7.05 Å². The topological polar surface area (TPSA) is 115 Å². The summed E-state index contributed by atoms with van der Waals surface area (Å²) < 4.78 is 0. The van der Waals surface area contributed by atoms with Gasteiger partial charge in [-0.25, -0.2) is 4.98 Å². The third-order valence-electron chi connectivity index (χ3n) is 5.73. The Morgan fingerprint density at radius 3 is 2.71 bits per heavy atom. The smallest absolute Gasteiger partial charge is 0.304 e. The summed E-state index contributed by atoms with van der Waals surface area (Å²) in [6.07, 6.45) is 0.0585. The molecule has 2 heterocycles. The van der Waals surface area contributed by atoms with Crippen molar-refractivity contribution in [2.24, 2.45) is 5.41 Å². The number of fused-ring (bicyclic) bond motifs is 2. The summed E-state index contributed by atoms with van der Waals surface area (Å²) in [4.78, 5) is 46.0. The minimum Gasteiger partial charge on any atom is -0.481 e. The zero-order valence-corrected chi connectivity index (χ0v) is 17.4. The summed E-state index contributed by atoms with van der Waals surface area (Å²) in [7, 11) is 1.72. The predicted octanol–water partition coefficient (Wildman–Crippen LogP) is 2.49. The van der Waals surface area contributed by atoms with Crippen LogP contribution in [0.4, 0.5) is 0 Å². The van der Waals surface area contributed by atoms with E-state index in [4.69, 9.17) is 0 Å². The molecule has 1 atom stereocenters. The van der Waals surface area contributed by atoms with Crippen LogP contribution in [0.15, 0.2) is 42.5 Å². The van der Waals surface area contributed by atoms with Crippen LogP contribution in [0.25, 0.3) is 11.0 Å². The Labute approximate surface area is 179 Å². The first kappa shape index (κ1) is 20.6. The summed E-state index contributed by atoms with van der Waals surface area (Å²) in [5.41, 5.74) is 2.95. The second kappa shape index (κ2) is 7.86. The highest BCUT2D eigenvalue weighted by Crippen LogP contribution is 2.32. The maximum atomic E-state index is 13.0. The second-order valence-corrected chi connectivity index (χ2v) is 8.34. The molecule has 0 saturated carbocycles. The summed E-state index contributed by atoms with van der Waals surface area (Å²) in [5, 5.41) is 12.0. The number of rotatable bonds is 5. The molecule has 3 aromatic rings. The molecule has 0 fully saturated rings. The van der Waals surface area contributed by atoms with Crippen LogP contribution in [0.1, 0.15) is 40.7 Å². The Morgan fingerprint density at radius 1 is 1.19 bits per heavy atom. The second-order valence-electron chi connectivity index (χ2n) is 8.34. The fraction of sp³-hybridized carbons (Fsp3) is 0.304. The zero-order chi connectivity index (χ0) is 22.2. The lowest BCUT2D eigenvalue weighted by Crippen LogP contribution is -2.39. The van der Waals surface area contributed by atoms with Crippen molar-refractivity contribution < 1.29 is 19.5 Å². The summed E-state index contributed by atoms with van der Waals surface area (Å²) in [5.74, 6) is -0.767. The van der Waals surface area contributed by atoms with Crippen molar-refractivity contribution in [3.05, 3.63) is 65.0 Å². The maximum absolute atomic E-state index is 13.0. The number of amides is 2. The number of aromatic amines is 1. The van der Waals surface area contributed by atoms with E-state index in [0.717, 1.165) is 22.2 Å². The fourth-order valence-corrected chi connectivity index (χ4v) is 4.06. The molecule has 0 aliphatic carbocycles. The van der Waals surface area contributed by atoms with E-state index in [1.54, 1.807) is 31.0 Å². The standard InChI is InChI=1S/C23H24N4O4/c1-23(11-20(28)29)10-15-8-7-14(9-16(15)12-24-22(23)31)21(30)27(2)13-19-25-17-5-3-4-6-18(17)26-19/h3-9H,10-13H2,1-2H3,(H,24,31)(H,25,26)(H,28,29). The van der Waals surface area contributed by atoms with Gasteiger partial charge in [-0.3, -0.25) is 14.4 Å². The molecule has 0 spiro atoms. The van der Waals surface area contributed by atoms with Gasteiger partial charge in [0, 0.05) is 19.2 Å². The first-order valence-electron chi connectivity index (χ1n) is 10.1. The van der Waals surface area contributed by atoms with E-state index in [1.165, 1.54) is 0 Å². The molecule has 3 N–H and O–H groups in total. The molecule has 0 radical (unpaired) electrons. The number of imidazole rings is 1. The average Bonchev–Trinajstić information content (AvgIpc) is 3.08. The summed E-state index contributed by atoms with van der Waals surface area (Å²) in [6, 6.07) is 13.0. The van der Waals surface area contributed by atoms with E-state index in [1.807, 2.05) is 30.3 Å². The SMILES string of the molecule is CN(Cc1nc2ccccc2[nH]1)C(=O)c1ccc2c(c1)CNC(=O)C(C)(CC(=O)O)C2. The van der Waals surface area contributed by atoms with E-state index in [0.29, 0.717) is 24.4 Å². The number of nitrogens with zero attached hydrogens (tertiary/aromatic N) is 2. The van der Waals surface area contributed by atoms with Gasteiger partial charge >= 0.3 is 5.97 Å². The van der Waals surface area contributed by atoms with Crippen molar-refractivity contribution in [1.82, 2.24) is 20.2 Å². The number of para-hydroxylation sites is 2. The molecule has 8 nitrogen and oxygen atoms in total. The summed E-state index contributed by atoms with van der Waals surface area (Å²) >= 11 is 0. The number of aromatic nitrogens is 2. The Bertz CT molecular complexity index is 1150. The highest BCUT2D eigenvalue weighted by Gasteiger charge is 2.38. The molecule has 2 amide bonds. The molecule has 2 aromatic carbocycles. The molecule has 0 bridgehead atoms. The van der Waals surface area contributed by atoms with Gasteiger partial charge < -0.3 is 20.3 Å². The molecule has 160 valence electrons.